The number of nitrogens with zero attached hydrogens (tertiary/aromatic N) is 4. The Balaban J connectivity index is 1.83. The van der Waals surface area contributed by atoms with Gasteiger partial charge in [0.1, 0.15) is 5.82 Å². The van der Waals surface area contributed by atoms with Gasteiger partial charge in [0.15, 0.2) is 11.4 Å². The summed E-state index contributed by atoms with van der Waals surface area (Å²) in [5, 5.41) is 3.14. The standard InChI is InChI=1S/C19H20F3N5O/c1-12-10-27-11-14(8-16(28-2)18(27)25-12)13-7-15(19(20,21)22)17(24-9-13)26-5-3-23-4-6-26/h7-11,23H,3-6H2,1-2H3. The highest BCUT2D eigenvalue weighted by atomic mass is 19.4. The molecule has 4 rings (SSSR count). The van der Waals surface area contributed by atoms with Gasteiger partial charge in [-0.25, -0.2) is 9.97 Å². The first-order valence-electron chi connectivity index (χ1n) is 8.93. The minimum absolute atomic E-state index is 0.0238. The predicted molar refractivity (Wildman–Crippen MR) is 99.8 cm³/mol. The van der Waals surface area contributed by atoms with E-state index in [0.29, 0.717) is 48.7 Å². The number of piperazine rings is 1. The van der Waals surface area contributed by atoms with E-state index in [4.69, 9.17) is 4.74 Å². The van der Waals surface area contributed by atoms with E-state index in [9.17, 15) is 13.2 Å². The Morgan fingerprint density at radius 3 is 2.54 bits per heavy atom. The molecule has 1 aliphatic rings. The quantitative estimate of drug-likeness (QED) is 0.744. The van der Waals surface area contributed by atoms with Gasteiger partial charge in [0.05, 0.1) is 18.4 Å². The summed E-state index contributed by atoms with van der Waals surface area (Å²) in [5.41, 5.74) is 1.63. The molecule has 3 aromatic heterocycles. The van der Waals surface area contributed by atoms with Crippen molar-refractivity contribution in [3.8, 4) is 16.9 Å². The van der Waals surface area contributed by atoms with Crippen molar-refractivity contribution in [2.45, 2.75) is 13.1 Å². The largest absolute Gasteiger partial charge is 0.493 e. The van der Waals surface area contributed by atoms with E-state index in [2.05, 4.69) is 15.3 Å². The molecule has 3 aromatic rings. The maximum atomic E-state index is 13.8. The lowest BCUT2D eigenvalue weighted by molar-refractivity contribution is -0.137. The van der Waals surface area contributed by atoms with Crippen LogP contribution in [0.2, 0.25) is 0 Å². The summed E-state index contributed by atoms with van der Waals surface area (Å²) < 4.78 is 48.5. The number of alkyl halides is 3. The number of ether oxygens (including phenoxy) is 1. The van der Waals surface area contributed by atoms with E-state index >= 15 is 0 Å². The second-order valence-corrected chi connectivity index (χ2v) is 6.74. The highest BCUT2D eigenvalue weighted by Gasteiger charge is 2.36. The second-order valence-electron chi connectivity index (χ2n) is 6.74. The summed E-state index contributed by atoms with van der Waals surface area (Å²) in [6, 6.07) is 2.85. The first-order valence-corrected chi connectivity index (χ1v) is 8.93. The number of hydrogen-bond acceptors (Lipinski definition) is 5. The normalized spacial score (nSPS) is 15.2. The summed E-state index contributed by atoms with van der Waals surface area (Å²) in [7, 11) is 1.51. The average molecular weight is 391 g/mol. The lowest BCUT2D eigenvalue weighted by atomic mass is 10.1. The third-order valence-corrected chi connectivity index (χ3v) is 4.78. The number of methoxy groups -OCH3 is 1. The Kier molecular flexibility index (Phi) is 4.62. The fourth-order valence-electron chi connectivity index (χ4n) is 3.45. The van der Waals surface area contributed by atoms with Crippen LogP contribution in [0.5, 0.6) is 5.75 Å². The molecule has 28 heavy (non-hydrogen) atoms. The zero-order valence-electron chi connectivity index (χ0n) is 15.5. The van der Waals surface area contributed by atoms with Gasteiger partial charge in [-0.2, -0.15) is 13.2 Å². The first kappa shape index (κ1) is 18.5. The van der Waals surface area contributed by atoms with Crippen LogP contribution >= 0.6 is 0 Å². The maximum absolute atomic E-state index is 13.8. The fraction of sp³-hybridized carbons (Fsp3) is 0.368. The number of imidazole rings is 1. The van der Waals surface area contributed by atoms with Crippen molar-refractivity contribution >= 4 is 11.5 Å². The van der Waals surface area contributed by atoms with Crippen molar-refractivity contribution in [3.63, 3.8) is 0 Å². The Morgan fingerprint density at radius 2 is 1.86 bits per heavy atom. The molecular formula is C19H20F3N5O. The van der Waals surface area contributed by atoms with Crippen LogP contribution in [0.25, 0.3) is 16.8 Å². The van der Waals surface area contributed by atoms with E-state index in [0.717, 1.165) is 11.8 Å². The van der Waals surface area contributed by atoms with Crippen LogP contribution in [-0.2, 0) is 6.18 Å². The maximum Gasteiger partial charge on any atom is 0.419 e. The number of anilines is 1. The Labute approximate surface area is 160 Å². The molecule has 0 saturated carbocycles. The van der Waals surface area contributed by atoms with Crippen molar-refractivity contribution in [2.75, 3.05) is 38.2 Å². The van der Waals surface area contributed by atoms with Crippen LogP contribution in [-0.4, -0.2) is 47.7 Å². The predicted octanol–water partition coefficient (Wildman–Crippen LogP) is 3.14. The Hall–Kier alpha value is -2.81. The lowest BCUT2D eigenvalue weighted by Gasteiger charge is -2.30. The van der Waals surface area contributed by atoms with Gasteiger partial charge in [-0.05, 0) is 19.1 Å². The first-order chi connectivity index (χ1) is 13.4. The van der Waals surface area contributed by atoms with Crippen molar-refractivity contribution < 1.29 is 17.9 Å². The topological polar surface area (TPSA) is 54.7 Å². The van der Waals surface area contributed by atoms with Crippen molar-refractivity contribution in [1.82, 2.24) is 19.7 Å². The van der Waals surface area contributed by atoms with Crippen LogP contribution in [0.3, 0.4) is 0 Å². The highest BCUT2D eigenvalue weighted by Crippen LogP contribution is 2.38. The number of aryl methyl sites for hydroxylation is 1. The molecule has 0 aromatic carbocycles. The zero-order valence-corrected chi connectivity index (χ0v) is 15.5. The van der Waals surface area contributed by atoms with E-state index in [1.807, 2.05) is 6.92 Å². The smallest absolute Gasteiger partial charge is 0.419 e. The number of aromatic nitrogens is 3. The number of fused-ring (bicyclic) bond motifs is 1. The number of pyridine rings is 2. The van der Waals surface area contributed by atoms with Gasteiger partial charge in [-0.3, -0.25) is 0 Å². The third-order valence-electron chi connectivity index (χ3n) is 4.78. The average Bonchev–Trinajstić information content (AvgIpc) is 3.07. The van der Waals surface area contributed by atoms with Crippen molar-refractivity contribution in [3.05, 3.63) is 42.0 Å². The van der Waals surface area contributed by atoms with Gasteiger partial charge < -0.3 is 19.4 Å². The molecule has 6 nitrogen and oxygen atoms in total. The van der Waals surface area contributed by atoms with Gasteiger partial charge in [0, 0.05) is 55.9 Å². The monoisotopic (exact) mass is 391 g/mol. The summed E-state index contributed by atoms with van der Waals surface area (Å²) in [5.74, 6) is 0.467. The van der Waals surface area contributed by atoms with E-state index in [1.165, 1.54) is 13.3 Å². The number of halogens is 3. The molecular weight excluding hydrogens is 371 g/mol. The van der Waals surface area contributed by atoms with E-state index < -0.39 is 11.7 Å². The lowest BCUT2D eigenvalue weighted by Crippen LogP contribution is -2.44. The summed E-state index contributed by atoms with van der Waals surface area (Å²) in [6.45, 7) is 4.09. The van der Waals surface area contributed by atoms with Gasteiger partial charge in [-0.15, -0.1) is 0 Å². The molecule has 1 N–H and O–H groups in total. The number of nitrogens with one attached hydrogen (secondary N) is 1. The van der Waals surface area contributed by atoms with Crippen molar-refractivity contribution in [2.24, 2.45) is 0 Å². The molecule has 0 radical (unpaired) electrons. The summed E-state index contributed by atoms with van der Waals surface area (Å²) in [6.07, 6.45) is 0.522. The Morgan fingerprint density at radius 1 is 1.11 bits per heavy atom. The molecule has 148 valence electrons. The highest BCUT2D eigenvalue weighted by molar-refractivity contribution is 5.71. The number of rotatable bonds is 3. The van der Waals surface area contributed by atoms with Gasteiger partial charge in [0.25, 0.3) is 0 Å². The molecule has 0 spiro atoms. The SMILES string of the molecule is COc1cc(-c2cnc(N3CCNCC3)c(C(F)(F)F)c2)cn2cc(C)nc12. The van der Waals surface area contributed by atoms with E-state index in [1.54, 1.807) is 27.8 Å². The molecule has 1 aliphatic heterocycles. The van der Waals surface area contributed by atoms with Crippen LogP contribution < -0.4 is 15.0 Å². The molecule has 1 fully saturated rings. The summed E-state index contributed by atoms with van der Waals surface area (Å²) in [4.78, 5) is 10.3. The molecule has 1 saturated heterocycles. The number of hydrogen-bond donors (Lipinski definition) is 1. The van der Waals surface area contributed by atoms with Crippen LogP contribution in [0, 0.1) is 6.92 Å². The van der Waals surface area contributed by atoms with E-state index in [-0.39, 0.29) is 5.82 Å². The van der Waals surface area contributed by atoms with Crippen LogP contribution in [0.15, 0.2) is 30.7 Å². The minimum atomic E-state index is -4.50. The molecule has 0 amide bonds. The molecule has 0 atom stereocenters. The third kappa shape index (κ3) is 3.37. The molecule has 4 heterocycles. The van der Waals surface area contributed by atoms with Crippen LogP contribution in [0.4, 0.5) is 19.0 Å². The van der Waals surface area contributed by atoms with Gasteiger partial charge in [0.2, 0.25) is 0 Å². The van der Waals surface area contributed by atoms with Gasteiger partial charge >= 0.3 is 6.18 Å². The van der Waals surface area contributed by atoms with Gasteiger partial charge in [-0.1, -0.05) is 0 Å². The fourth-order valence-corrected chi connectivity index (χ4v) is 3.45. The second kappa shape index (κ2) is 6.97. The van der Waals surface area contributed by atoms with Crippen molar-refractivity contribution in [1.29, 1.82) is 0 Å². The van der Waals surface area contributed by atoms with Crippen LogP contribution in [0.1, 0.15) is 11.3 Å². The molecule has 0 unspecified atom stereocenters. The molecule has 0 aliphatic carbocycles. The summed E-state index contributed by atoms with van der Waals surface area (Å²) >= 11 is 0. The Bertz CT molecular complexity index is 1010. The molecule has 9 heteroatoms. The minimum Gasteiger partial charge on any atom is -0.493 e. The molecule has 0 bridgehead atoms. The zero-order chi connectivity index (χ0) is 19.9.